The van der Waals surface area contributed by atoms with Crippen molar-refractivity contribution < 1.29 is 18.0 Å². The third-order valence-electron chi connectivity index (χ3n) is 5.82. The lowest BCUT2D eigenvalue weighted by Crippen LogP contribution is -2.32. The highest BCUT2D eigenvalue weighted by Crippen LogP contribution is 2.30. The van der Waals surface area contributed by atoms with Crippen LogP contribution in [0.4, 0.5) is 0 Å². The van der Waals surface area contributed by atoms with Gasteiger partial charge >= 0.3 is 0 Å². The lowest BCUT2D eigenvalue weighted by Gasteiger charge is -2.21. The fourth-order valence-corrected chi connectivity index (χ4v) is 5.25. The number of sulfonamides is 1. The van der Waals surface area contributed by atoms with Crippen LogP contribution in [0, 0.1) is 6.92 Å². The number of ketones is 1. The predicted molar refractivity (Wildman–Crippen MR) is 136 cm³/mol. The summed E-state index contributed by atoms with van der Waals surface area (Å²) in [5.41, 5.74) is 2.69. The number of carbonyl (C=O) groups excluding carboxylic acids is 2. The van der Waals surface area contributed by atoms with E-state index in [-0.39, 0.29) is 17.1 Å². The van der Waals surface area contributed by atoms with Gasteiger partial charge in [0.2, 0.25) is 10.0 Å². The van der Waals surface area contributed by atoms with E-state index < -0.39 is 22.0 Å². The molecule has 1 heterocycles. The zero-order chi connectivity index (χ0) is 25.0. The number of unbranched alkanes of at least 4 members (excludes halogenated alkanes) is 1. The standard InChI is InChI=1S/C27H27N3O4S/c1-3-4-17-35(33,34)29-27(32)22-15-16-23-24(18-22)30(19(2)28-23)25(20-11-7-5-8-12-20)26(31)21-13-9-6-10-14-21/h5-16,18,25H,3-4,17H2,1-2H3,(H,29,32). The summed E-state index contributed by atoms with van der Waals surface area (Å²) < 4.78 is 28.5. The third kappa shape index (κ3) is 5.33. The molecule has 0 radical (unpaired) electrons. The molecular weight excluding hydrogens is 462 g/mol. The highest BCUT2D eigenvalue weighted by molar-refractivity contribution is 7.90. The maximum absolute atomic E-state index is 13.7. The summed E-state index contributed by atoms with van der Waals surface area (Å²) in [5, 5.41) is 0. The van der Waals surface area contributed by atoms with Crippen LogP contribution < -0.4 is 4.72 Å². The number of benzene rings is 3. The SMILES string of the molecule is CCCCS(=O)(=O)NC(=O)c1ccc2nc(C)n(C(C(=O)c3ccccc3)c3ccccc3)c2c1. The molecule has 0 aliphatic carbocycles. The van der Waals surface area contributed by atoms with Crippen molar-refractivity contribution in [2.45, 2.75) is 32.7 Å². The highest BCUT2D eigenvalue weighted by Gasteiger charge is 2.27. The number of fused-ring (bicyclic) bond motifs is 1. The number of Topliss-reactive ketones (excluding diaryl/α,β-unsaturated/α-hetero) is 1. The second kappa shape index (κ2) is 10.2. The molecule has 1 unspecified atom stereocenters. The normalized spacial score (nSPS) is 12.4. The van der Waals surface area contributed by atoms with Gasteiger partial charge in [0, 0.05) is 11.1 Å². The maximum atomic E-state index is 13.7. The molecule has 3 aromatic carbocycles. The fraction of sp³-hybridized carbons (Fsp3) is 0.222. The molecule has 0 saturated heterocycles. The summed E-state index contributed by atoms with van der Waals surface area (Å²) in [7, 11) is -3.73. The molecule has 4 rings (SSSR count). The van der Waals surface area contributed by atoms with Gasteiger partial charge in [-0.3, -0.25) is 9.59 Å². The quantitative estimate of drug-likeness (QED) is 0.344. The number of rotatable bonds is 9. The van der Waals surface area contributed by atoms with Gasteiger partial charge in [-0.05, 0) is 37.1 Å². The van der Waals surface area contributed by atoms with Crippen LogP contribution in [0.5, 0.6) is 0 Å². The van der Waals surface area contributed by atoms with Crippen LogP contribution >= 0.6 is 0 Å². The molecule has 0 bridgehead atoms. The van der Waals surface area contributed by atoms with Crippen molar-refractivity contribution >= 4 is 32.7 Å². The second-order valence-electron chi connectivity index (χ2n) is 8.38. The zero-order valence-corrected chi connectivity index (χ0v) is 20.5. The Hall–Kier alpha value is -3.78. The predicted octanol–water partition coefficient (Wildman–Crippen LogP) is 4.68. The lowest BCUT2D eigenvalue weighted by molar-refractivity contribution is 0.0945. The first-order chi connectivity index (χ1) is 16.8. The van der Waals surface area contributed by atoms with Crippen molar-refractivity contribution in [2.24, 2.45) is 0 Å². The summed E-state index contributed by atoms with van der Waals surface area (Å²) in [6.45, 7) is 3.69. The van der Waals surface area contributed by atoms with Gasteiger partial charge in [-0.1, -0.05) is 74.0 Å². The van der Waals surface area contributed by atoms with Gasteiger partial charge in [0.15, 0.2) is 5.78 Å². The number of nitrogens with zero attached hydrogens (tertiary/aromatic N) is 2. The first-order valence-corrected chi connectivity index (χ1v) is 13.1. The van der Waals surface area contributed by atoms with Crippen molar-refractivity contribution in [1.82, 2.24) is 14.3 Å². The number of hydrogen-bond acceptors (Lipinski definition) is 5. The van der Waals surface area contributed by atoms with E-state index in [2.05, 4.69) is 9.71 Å². The molecule has 0 aliphatic heterocycles. The van der Waals surface area contributed by atoms with E-state index >= 15 is 0 Å². The topological polar surface area (TPSA) is 98.1 Å². The Balaban J connectivity index is 1.81. The molecule has 1 aromatic heterocycles. The van der Waals surface area contributed by atoms with E-state index in [0.717, 1.165) is 5.56 Å². The van der Waals surface area contributed by atoms with Crippen LogP contribution in [0.15, 0.2) is 78.9 Å². The van der Waals surface area contributed by atoms with E-state index in [1.807, 2.05) is 66.9 Å². The minimum atomic E-state index is -3.73. The number of aromatic nitrogens is 2. The van der Waals surface area contributed by atoms with Crippen LogP contribution in [0.2, 0.25) is 0 Å². The number of carbonyl (C=O) groups is 2. The molecule has 1 amide bonds. The summed E-state index contributed by atoms with van der Waals surface area (Å²) in [4.78, 5) is 31.1. The van der Waals surface area contributed by atoms with Crippen molar-refractivity contribution in [3.63, 3.8) is 0 Å². The van der Waals surface area contributed by atoms with Crippen LogP contribution in [-0.2, 0) is 10.0 Å². The summed E-state index contributed by atoms with van der Waals surface area (Å²) in [6.07, 6.45) is 1.17. The van der Waals surface area contributed by atoms with Gasteiger partial charge in [0.25, 0.3) is 5.91 Å². The van der Waals surface area contributed by atoms with Crippen molar-refractivity contribution in [1.29, 1.82) is 0 Å². The van der Waals surface area contributed by atoms with Gasteiger partial charge < -0.3 is 4.57 Å². The monoisotopic (exact) mass is 489 g/mol. The number of aryl methyl sites for hydroxylation is 1. The number of imidazole rings is 1. The lowest BCUT2D eigenvalue weighted by atomic mass is 9.96. The van der Waals surface area contributed by atoms with E-state index in [0.29, 0.717) is 35.3 Å². The molecule has 35 heavy (non-hydrogen) atoms. The Morgan fingerprint density at radius 3 is 2.26 bits per heavy atom. The molecule has 0 spiro atoms. The Kier molecular flexibility index (Phi) is 7.12. The Morgan fingerprint density at radius 1 is 0.943 bits per heavy atom. The van der Waals surface area contributed by atoms with E-state index in [4.69, 9.17) is 0 Å². The minimum absolute atomic E-state index is 0.115. The number of hydrogen-bond donors (Lipinski definition) is 1. The number of nitrogens with one attached hydrogen (secondary N) is 1. The Bertz CT molecular complexity index is 1460. The van der Waals surface area contributed by atoms with Gasteiger partial charge in [0.1, 0.15) is 11.9 Å². The average Bonchev–Trinajstić information content (AvgIpc) is 3.18. The average molecular weight is 490 g/mol. The first-order valence-electron chi connectivity index (χ1n) is 11.5. The van der Waals surface area contributed by atoms with Crippen molar-refractivity contribution in [3.05, 3.63) is 101 Å². The number of amides is 1. The molecule has 1 N–H and O–H groups in total. The molecule has 0 aliphatic rings. The van der Waals surface area contributed by atoms with E-state index in [1.54, 1.807) is 30.3 Å². The van der Waals surface area contributed by atoms with Crippen LogP contribution in [-0.4, -0.2) is 35.4 Å². The van der Waals surface area contributed by atoms with Gasteiger partial charge in [-0.25, -0.2) is 18.1 Å². The second-order valence-corrected chi connectivity index (χ2v) is 10.2. The molecule has 7 nitrogen and oxygen atoms in total. The van der Waals surface area contributed by atoms with E-state index in [9.17, 15) is 18.0 Å². The highest BCUT2D eigenvalue weighted by atomic mass is 32.2. The van der Waals surface area contributed by atoms with Crippen molar-refractivity contribution in [3.8, 4) is 0 Å². The summed E-state index contributed by atoms with van der Waals surface area (Å²) in [6, 6.07) is 22.5. The Morgan fingerprint density at radius 2 is 1.60 bits per heavy atom. The fourth-order valence-electron chi connectivity index (χ4n) is 4.08. The molecule has 4 aromatic rings. The Labute approximate surface area is 204 Å². The third-order valence-corrected chi connectivity index (χ3v) is 7.15. The van der Waals surface area contributed by atoms with Gasteiger partial charge in [-0.15, -0.1) is 0 Å². The minimum Gasteiger partial charge on any atom is -0.313 e. The first kappa shape index (κ1) is 24.3. The molecule has 180 valence electrons. The zero-order valence-electron chi connectivity index (χ0n) is 19.6. The molecule has 1 atom stereocenters. The molecular formula is C27H27N3O4S. The largest absolute Gasteiger partial charge is 0.313 e. The van der Waals surface area contributed by atoms with Crippen LogP contribution in [0.25, 0.3) is 11.0 Å². The van der Waals surface area contributed by atoms with Gasteiger partial charge in [-0.2, -0.15) is 0 Å². The maximum Gasteiger partial charge on any atom is 0.264 e. The van der Waals surface area contributed by atoms with Crippen molar-refractivity contribution in [2.75, 3.05) is 5.75 Å². The van der Waals surface area contributed by atoms with Gasteiger partial charge in [0.05, 0.1) is 16.8 Å². The van der Waals surface area contributed by atoms with E-state index in [1.165, 1.54) is 0 Å². The summed E-state index contributed by atoms with van der Waals surface area (Å²) in [5.74, 6) is -0.336. The molecule has 8 heteroatoms. The molecule has 0 fully saturated rings. The summed E-state index contributed by atoms with van der Waals surface area (Å²) >= 11 is 0. The smallest absolute Gasteiger partial charge is 0.264 e. The van der Waals surface area contributed by atoms with Crippen LogP contribution in [0.1, 0.15) is 57.9 Å². The molecule has 0 saturated carbocycles. The van der Waals surface area contributed by atoms with Crippen LogP contribution in [0.3, 0.4) is 0 Å².